The molecule has 5 aromatic rings. The summed E-state index contributed by atoms with van der Waals surface area (Å²) >= 11 is 6.31. The van der Waals surface area contributed by atoms with Crippen LogP contribution in [0.25, 0.3) is 28.1 Å². The molecule has 6 rings (SSSR count). The number of nitrogens with zero attached hydrogens (tertiary/aromatic N) is 7. The molecule has 1 aliphatic rings. The second kappa shape index (κ2) is 11.6. The van der Waals surface area contributed by atoms with Crippen LogP contribution in [0.3, 0.4) is 0 Å². The third-order valence-electron chi connectivity index (χ3n) is 7.29. The van der Waals surface area contributed by atoms with E-state index in [9.17, 15) is 14.7 Å². The normalized spacial score (nSPS) is 14.2. The fraction of sp³-hybridized carbons (Fsp3) is 0.241. The smallest absolute Gasteiger partial charge is 0.411 e. The fourth-order valence-corrected chi connectivity index (χ4v) is 5.50. The Bertz CT molecular complexity index is 1780. The summed E-state index contributed by atoms with van der Waals surface area (Å²) in [4.78, 5) is 34.4. The van der Waals surface area contributed by atoms with Crippen LogP contribution in [-0.4, -0.2) is 65.7 Å². The first-order valence-electron chi connectivity index (χ1n) is 13.4. The molecule has 0 fully saturated rings. The molecular formula is C29H27ClN8O4. The van der Waals surface area contributed by atoms with E-state index in [1.807, 2.05) is 31.2 Å². The van der Waals surface area contributed by atoms with Gasteiger partial charge in [-0.1, -0.05) is 23.7 Å². The predicted molar refractivity (Wildman–Crippen MR) is 156 cm³/mol. The van der Waals surface area contributed by atoms with E-state index in [1.54, 1.807) is 41.1 Å². The number of H-pyrrole nitrogens is 1. The molecule has 214 valence electrons. The number of ether oxygens (including phenoxy) is 1. The molecule has 4 heterocycles. The van der Waals surface area contributed by atoms with E-state index in [4.69, 9.17) is 16.3 Å². The largest absolute Gasteiger partial charge is 0.465 e. The number of amides is 1. The number of hydrogen-bond acceptors (Lipinski definition) is 7. The van der Waals surface area contributed by atoms with Crippen molar-refractivity contribution in [2.75, 3.05) is 24.7 Å². The number of aromatic amines is 1. The molecule has 1 aliphatic heterocycles. The molecule has 0 aliphatic carbocycles. The number of fused-ring (bicyclic) bond motifs is 1. The maximum absolute atomic E-state index is 13.5. The van der Waals surface area contributed by atoms with Crippen molar-refractivity contribution in [3.8, 4) is 28.1 Å². The number of halogens is 1. The number of carbonyl (C=O) groups is 1. The highest BCUT2D eigenvalue weighted by atomic mass is 35.5. The van der Waals surface area contributed by atoms with Crippen molar-refractivity contribution in [3.05, 3.63) is 94.0 Å². The van der Waals surface area contributed by atoms with Crippen molar-refractivity contribution < 1.29 is 14.6 Å². The van der Waals surface area contributed by atoms with Gasteiger partial charge in [-0.05, 0) is 77.7 Å². The van der Waals surface area contributed by atoms with Crippen LogP contribution in [0.4, 0.5) is 10.5 Å². The Morgan fingerprint density at radius 3 is 2.74 bits per heavy atom. The third-order valence-corrected chi connectivity index (χ3v) is 7.53. The molecule has 3 aromatic heterocycles. The third kappa shape index (κ3) is 5.29. The SMILES string of the molecule is CCOCCN(C(=O)O)c1ccc(-c2cnc([C@@H]3CCc4cc(-c5cc(Cl)ccc5-n5cnnn5)cc(=O)n43)[nH]2)cc1. The first-order valence-corrected chi connectivity index (χ1v) is 13.8. The highest BCUT2D eigenvalue weighted by Gasteiger charge is 2.28. The summed E-state index contributed by atoms with van der Waals surface area (Å²) in [6, 6.07) is 15.9. The number of aromatic nitrogens is 7. The Kier molecular flexibility index (Phi) is 7.55. The molecule has 0 spiro atoms. The van der Waals surface area contributed by atoms with Crippen LogP contribution in [0, 0.1) is 0 Å². The number of hydrogen-bond donors (Lipinski definition) is 2. The molecule has 0 saturated heterocycles. The molecule has 13 heteroatoms. The zero-order valence-corrected chi connectivity index (χ0v) is 23.4. The van der Waals surface area contributed by atoms with Crippen LogP contribution in [0.2, 0.25) is 5.02 Å². The summed E-state index contributed by atoms with van der Waals surface area (Å²) in [6.45, 7) is 2.95. The van der Waals surface area contributed by atoms with E-state index in [1.165, 1.54) is 15.9 Å². The van der Waals surface area contributed by atoms with E-state index in [0.29, 0.717) is 48.3 Å². The second-order valence-electron chi connectivity index (χ2n) is 9.77. The number of nitrogens with one attached hydrogen (secondary N) is 1. The van der Waals surface area contributed by atoms with Crippen molar-refractivity contribution in [1.82, 2.24) is 34.7 Å². The molecule has 0 unspecified atom stereocenters. The minimum atomic E-state index is -1.04. The van der Waals surface area contributed by atoms with Gasteiger partial charge < -0.3 is 19.4 Å². The molecule has 0 radical (unpaired) electrons. The van der Waals surface area contributed by atoms with Gasteiger partial charge in [0.1, 0.15) is 12.2 Å². The Morgan fingerprint density at radius 2 is 2.00 bits per heavy atom. The number of anilines is 1. The molecule has 2 N–H and O–H groups in total. The molecule has 12 nitrogen and oxygen atoms in total. The van der Waals surface area contributed by atoms with Gasteiger partial charge in [0, 0.05) is 34.6 Å². The lowest BCUT2D eigenvalue weighted by atomic mass is 10.0. The van der Waals surface area contributed by atoms with Gasteiger partial charge in [0.15, 0.2) is 0 Å². The molecule has 42 heavy (non-hydrogen) atoms. The van der Waals surface area contributed by atoms with Crippen molar-refractivity contribution in [3.63, 3.8) is 0 Å². The Labute approximate surface area is 245 Å². The average Bonchev–Trinajstić information content (AvgIpc) is 3.76. The maximum Gasteiger partial charge on any atom is 0.411 e. The van der Waals surface area contributed by atoms with Crippen LogP contribution in [0.1, 0.15) is 30.9 Å². The second-order valence-corrected chi connectivity index (χ2v) is 10.2. The first-order chi connectivity index (χ1) is 20.4. The van der Waals surface area contributed by atoms with Gasteiger partial charge in [0.2, 0.25) is 0 Å². The van der Waals surface area contributed by atoms with Crippen molar-refractivity contribution >= 4 is 23.4 Å². The van der Waals surface area contributed by atoms with E-state index >= 15 is 0 Å². The van der Waals surface area contributed by atoms with Crippen LogP contribution < -0.4 is 10.5 Å². The topological polar surface area (TPSA) is 144 Å². The van der Waals surface area contributed by atoms with E-state index < -0.39 is 6.09 Å². The number of tetrazole rings is 1. The first kappa shape index (κ1) is 27.4. The quantitative estimate of drug-likeness (QED) is 0.239. The van der Waals surface area contributed by atoms with E-state index in [0.717, 1.165) is 28.1 Å². The van der Waals surface area contributed by atoms with Gasteiger partial charge in [0.05, 0.1) is 36.8 Å². The van der Waals surface area contributed by atoms with Crippen molar-refractivity contribution in [1.29, 1.82) is 0 Å². The maximum atomic E-state index is 13.5. The number of pyridine rings is 1. The zero-order valence-electron chi connectivity index (χ0n) is 22.6. The monoisotopic (exact) mass is 586 g/mol. The predicted octanol–water partition coefficient (Wildman–Crippen LogP) is 4.59. The molecular weight excluding hydrogens is 560 g/mol. The molecule has 1 amide bonds. The molecule has 1 atom stereocenters. The van der Waals surface area contributed by atoms with Crippen LogP contribution in [0.5, 0.6) is 0 Å². The Morgan fingerprint density at radius 1 is 1.17 bits per heavy atom. The molecule has 0 saturated carbocycles. The summed E-state index contributed by atoms with van der Waals surface area (Å²) in [7, 11) is 0. The van der Waals surface area contributed by atoms with Gasteiger partial charge in [0.25, 0.3) is 5.56 Å². The van der Waals surface area contributed by atoms with Crippen LogP contribution >= 0.6 is 11.6 Å². The number of imidazole rings is 1. The number of aryl methyl sites for hydroxylation is 1. The summed E-state index contributed by atoms with van der Waals surface area (Å²) < 4.78 is 8.63. The van der Waals surface area contributed by atoms with Gasteiger partial charge >= 0.3 is 6.09 Å². The molecule has 0 bridgehead atoms. The number of rotatable bonds is 9. The summed E-state index contributed by atoms with van der Waals surface area (Å²) in [6.07, 6.45) is 3.60. The van der Waals surface area contributed by atoms with Gasteiger partial charge in [-0.15, -0.1) is 5.10 Å². The fourth-order valence-electron chi connectivity index (χ4n) is 5.33. The van der Waals surface area contributed by atoms with E-state index in [2.05, 4.69) is 25.5 Å². The zero-order chi connectivity index (χ0) is 29.2. The summed E-state index contributed by atoms with van der Waals surface area (Å²) in [5.74, 6) is 0.684. The minimum absolute atomic E-state index is 0.143. The number of benzene rings is 2. The average molecular weight is 587 g/mol. The Hall–Kier alpha value is -4.81. The Balaban J connectivity index is 1.26. The van der Waals surface area contributed by atoms with E-state index in [-0.39, 0.29) is 18.1 Å². The van der Waals surface area contributed by atoms with Gasteiger partial charge in [-0.25, -0.2) is 9.78 Å². The number of carboxylic acid groups (broad SMARTS) is 1. The summed E-state index contributed by atoms with van der Waals surface area (Å²) in [5.41, 5.74) is 5.13. The van der Waals surface area contributed by atoms with Crippen molar-refractivity contribution in [2.45, 2.75) is 25.8 Å². The highest BCUT2D eigenvalue weighted by molar-refractivity contribution is 6.31. The standard InChI is InChI=1S/C29H27ClN8O4/c1-2-42-12-11-36(29(40)41)21-6-3-18(4-7-21)24-16-31-28(33-24)26-10-8-22-13-19(14-27(39)38(22)26)23-15-20(30)5-9-25(23)37-17-32-34-35-37/h3-7,9,13-17,26H,2,8,10-12H2,1H3,(H,31,33)(H,40,41)/t26-/m0/s1. The van der Waals surface area contributed by atoms with Crippen LogP contribution in [-0.2, 0) is 11.2 Å². The lowest BCUT2D eigenvalue weighted by Crippen LogP contribution is -2.32. The summed E-state index contributed by atoms with van der Waals surface area (Å²) in [5, 5.41) is 21.6. The van der Waals surface area contributed by atoms with Crippen molar-refractivity contribution in [2.24, 2.45) is 0 Å². The minimum Gasteiger partial charge on any atom is -0.465 e. The lowest BCUT2D eigenvalue weighted by molar-refractivity contribution is 0.150. The highest BCUT2D eigenvalue weighted by Crippen LogP contribution is 2.34. The van der Waals surface area contributed by atoms with Gasteiger partial charge in [-0.2, -0.15) is 4.68 Å². The lowest BCUT2D eigenvalue weighted by Gasteiger charge is -2.19. The molecule has 2 aromatic carbocycles. The van der Waals surface area contributed by atoms with Gasteiger partial charge in [-0.3, -0.25) is 9.69 Å². The van der Waals surface area contributed by atoms with Crippen LogP contribution in [0.15, 0.2) is 71.9 Å².